The van der Waals surface area contributed by atoms with Crippen LogP contribution < -0.4 is 10.5 Å². The van der Waals surface area contributed by atoms with E-state index in [-0.39, 0.29) is 28.4 Å². The zero-order chi connectivity index (χ0) is 29.9. The molecule has 42 heavy (non-hydrogen) atoms. The molecule has 4 atom stereocenters. The third kappa shape index (κ3) is 5.21. The molecule has 2 aliphatic rings. The second-order valence-corrected chi connectivity index (χ2v) is 13.3. The Morgan fingerprint density at radius 2 is 1.98 bits per heavy atom. The molecule has 0 spiro atoms. The van der Waals surface area contributed by atoms with Gasteiger partial charge >= 0.3 is 0 Å². The van der Waals surface area contributed by atoms with Crippen LogP contribution in [-0.2, 0) is 16.6 Å². The number of benzene rings is 1. The molecule has 1 aliphatic carbocycles. The first-order valence-electron chi connectivity index (χ1n) is 14.9. The lowest BCUT2D eigenvalue weighted by Gasteiger charge is -2.46. The van der Waals surface area contributed by atoms with Crippen LogP contribution in [0.15, 0.2) is 30.9 Å². The highest BCUT2D eigenvalue weighted by Gasteiger charge is 2.48. The minimum absolute atomic E-state index is 0.0920. The summed E-state index contributed by atoms with van der Waals surface area (Å²) in [4.78, 5) is 18.7. The van der Waals surface area contributed by atoms with Crippen molar-refractivity contribution in [2.75, 3.05) is 12.3 Å². The van der Waals surface area contributed by atoms with E-state index >= 15 is 0 Å². The molecule has 6 rings (SSSR count). The van der Waals surface area contributed by atoms with Crippen LogP contribution in [0.4, 0.5) is 5.82 Å². The van der Waals surface area contributed by atoms with Crippen molar-refractivity contribution in [2.24, 2.45) is 5.92 Å². The molecule has 1 saturated carbocycles. The second kappa shape index (κ2) is 10.7. The number of rotatable bonds is 8. The molecule has 1 aromatic carbocycles. The van der Waals surface area contributed by atoms with Gasteiger partial charge in [-0.3, -0.25) is 4.90 Å². The van der Waals surface area contributed by atoms with Crippen molar-refractivity contribution in [3.05, 3.63) is 47.4 Å². The van der Waals surface area contributed by atoms with Crippen LogP contribution in [-0.4, -0.2) is 76.6 Å². The van der Waals surface area contributed by atoms with Gasteiger partial charge in [-0.1, -0.05) is 31.8 Å². The Morgan fingerprint density at radius 3 is 2.69 bits per heavy atom. The number of anilines is 1. The molecule has 0 amide bonds. The number of nitrogens with two attached hydrogens (primary N) is 1. The van der Waals surface area contributed by atoms with E-state index in [9.17, 15) is 15.4 Å². The number of ether oxygens (including phenoxy) is 1. The first-order valence-corrected chi connectivity index (χ1v) is 14.9. The number of aromatic nitrogens is 6. The predicted molar refractivity (Wildman–Crippen MR) is 158 cm³/mol. The zero-order valence-electron chi connectivity index (χ0n) is 24.9. The first kappa shape index (κ1) is 28.8. The Hall–Kier alpha value is -3.32. The van der Waals surface area contributed by atoms with Gasteiger partial charge in [0.05, 0.1) is 11.0 Å². The largest absolute Gasteiger partial charge is 0.740 e. The second-order valence-electron chi connectivity index (χ2n) is 13.3. The Labute approximate surface area is 245 Å². The number of nitrogens with one attached hydrogen (secondary N) is 1. The van der Waals surface area contributed by atoms with Gasteiger partial charge in [0.2, 0.25) is 18.4 Å². The standard InChI is InChI=1S/C30H42N8O4/c1-16(2)36(13-22-25(39)26(40)29(42-22)37-14-32-24-27(31)33-15-38(41)28(24)37)19-10-17(11-19)6-9-23-34-20-8-7-18(30(3,4)5)12-21(20)35-23/h7-8,12,14-17,19,22,25-26,29,39-40H,6,9-11,13H2,1-5H3,(H2,31,33)(H,34,35)/t17-,19+,22-,25-,26-,29-/m1/s1. The van der Waals surface area contributed by atoms with Crippen molar-refractivity contribution in [3.63, 3.8) is 0 Å². The third-order valence-electron chi connectivity index (χ3n) is 9.05. The van der Waals surface area contributed by atoms with Crippen molar-refractivity contribution < 1.29 is 19.7 Å². The number of imidazole rings is 2. The maximum Gasteiger partial charge on any atom is 0.263 e. The summed E-state index contributed by atoms with van der Waals surface area (Å²) in [6, 6.07) is 7.11. The zero-order valence-corrected chi connectivity index (χ0v) is 24.9. The average molecular weight is 579 g/mol. The van der Waals surface area contributed by atoms with E-state index in [4.69, 9.17) is 15.5 Å². The molecule has 2 fully saturated rings. The first-order chi connectivity index (χ1) is 19.9. The molecule has 1 aliphatic heterocycles. The summed E-state index contributed by atoms with van der Waals surface area (Å²) in [5, 5.41) is 34.3. The number of nitrogen functional groups attached to an aromatic ring is 1. The van der Waals surface area contributed by atoms with Crippen molar-refractivity contribution in [3.8, 4) is 0 Å². The molecular weight excluding hydrogens is 536 g/mol. The normalized spacial score (nSPS) is 26.6. The fraction of sp³-hybridized carbons (Fsp3) is 0.600. The molecule has 4 heterocycles. The highest BCUT2D eigenvalue weighted by molar-refractivity contribution is 5.79. The van der Waals surface area contributed by atoms with Crippen LogP contribution in [0, 0.1) is 11.1 Å². The summed E-state index contributed by atoms with van der Waals surface area (Å²) in [5.74, 6) is 1.75. The van der Waals surface area contributed by atoms with Crippen LogP contribution in [0.1, 0.15) is 71.5 Å². The van der Waals surface area contributed by atoms with Crippen LogP contribution in [0.2, 0.25) is 0 Å². The van der Waals surface area contributed by atoms with Gasteiger partial charge in [-0.25, -0.2) is 19.3 Å². The maximum atomic E-state index is 12.4. The van der Waals surface area contributed by atoms with Crippen LogP contribution in [0.5, 0.6) is 0 Å². The molecule has 12 heteroatoms. The fourth-order valence-electron chi connectivity index (χ4n) is 6.46. The summed E-state index contributed by atoms with van der Waals surface area (Å²) in [6.07, 6.45) is 2.61. The minimum Gasteiger partial charge on any atom is -0.740 e. The van der Waals surface area contributed by atoms with E-state index in [0.29, 0.717) is 23.2 Å². The van der Waals surface area contributed by atoms with E-state index in [1.54, 1.807) is 0 Å². The summed E-state index contributed by atoms with van der Waals surface area (Å²) < 4.78 is 8.14. The third-order valence-corrected chi connectivity index (χ3v) is 9.05. The number of aryl methyl sites for hydroxylation is 1. The Morgan fingerprint density at radius 1 is 1.21 bits per heavy atom. The highest BCUT2D eigenvalue weighted by Crippen LogP contribution is 2.38. The average Bonchev–Trinajstić information content (AvgIpc) is 3.60. The smallest absolute Gasteiger partial charge is 0.263 e. The lowest BCUT2D eigenvalue weighted by Crippen LogP contribution is -2.52. The maximum absolute atomic E-state index is 12.4. The molecule has 0 unspecified atom stereocenters. The highest BCUT2D eigenvalue weighted by atomic mass is 16.6. The Balaban J connectivity index is 1.07. The van der Waals surface area contributed by atoms with Crippen LogP contribution in [0.3, 0.4) is 0 Å². The number of aliphatic hydroxyl groups is 2. The van der Waals surface area contributed by atoms with Crippen molar-refractivity contribution in [2.45, 2.75) is 102 Å². The van der Waals surface area contributed by atoms with Crippen molar-refractivity contribution in [1.29, 1.82) is 0 Å². The lowest BCUT2D eigenvalue weighted by molar-refractivity contribution is -0.584. The van der Waals surface area contributed by atoms with Gasteiger partial charge in [-0.05, 0) is 62.1 Å². The number of aromatic amines is 1. The quantitative estimate of drug-likeness (QED) is 0.182. The van der Waals surface area contributed by atoms with Crippen molar-refractivity contribution >= 4 is 28.0 Å². The number of H-pyrrole nitrogens is 1. The van der Waals surface area contributed by atoms with Crippen LogP contribution >= 0.6 is 0 Å². The Bertz CT molecular complexity index is 1570. The van der Waals surface area contributed by atoms with E-state index in [0.717, 1.165) is 48.9 Å². The molecule has 0 bridgehead atoms. The van der Waals surface area contributed by atoms with Gasteiger partial charge in [0, 0.05) is 25.0 Å². The lowest BCUT2D eigenvalue weighted by atomic mass is 9.76. The summed E-state index contributed by atoms with van der Waals surface area (Å²) >= 11 is 0. The molecule has 3 aromatic heterocycles. The van der Waals surface area contributed by atoms with Gasteiger partial charge in [0.1, 0.15) is 24.1 Å². The van der Waals surface area contributed by atoms with Gasteiger partial charge in [0.25, 0.3) is 5.65 Å². The summed E-state index contributed by atoms with van der Waals surface area (Å²) in [5.41, 5.74) is 9.72. The number of fused-ring (bicyclic) bond motifs is 2. The number of aliphatic hydroxyl groups excluding tert-OH is 2. The Kier molecular flexibility index (Phi) is 7.37. The molecule has 1 saturated heterocycles. The molecule has 226 valence electrons. The molecule has 5 N–H and O–H groups in total. The summed E-state index contributed by atoms with van der Waals surface area (Å²) in [6.45, 7) is 11.4. The van der Waals surface area contributed by atoms with Gasteiger partial charge < -0.3 is 30.9 Å². The molecular formula is C30H42N8O4. The minimum atomic E-state index is -1.23. The molecule has 0 radical (unpaired) electrons. The van der Waals surface area contributed by atoms with Crippen molar-refractivity contribution in [1.82, 2.24) is 29.4 Å². The predicted octanol–water partition coefficient (Wildman–Crippen LogP) is 2.56. The number of nitrogens with zero attached hydrogens (tertiary/aromatic N) is 6. The van der Waals surface area contributed by atoms with E-state index in [1.165, 1.54) is 16.5 Å². The fourth-order valence-corrected chi connectivity index (χ4v) is 6.46. The molecule has 12 nitrogen and oxygen atoms in total. The van der Waals surface area contributed by atoms with E-state index in [2.05, 4.69) is 72.7 Å². The molecule has 4 aromatic rings. The topological polar surface area (TPSA) is 165 Å². The van der Waals surface area contributed by atoms with E-state index < -0.39 is 24.5 Å². The van der Waals surface area contributed by atoms with Gasteiger partial charge in [0.15, 0.2) is 11.8 Å². The van der Waals surface area contributed by atoms with E-state index in [1.807, 2.05) is 0 Å². The van der Waals surface area contributed by atoms with Gasteiger partial charge in [-0.2, -0.15) is 0 Å². The number of hydrogen-bond acceptors (Lipinski definition) is 9. The van der Waals surface area contributed by atoms with Crippen LogP contribution in [0.25, 0.3) is 22.2 Å². The SMILES string of the molecule is CC(C)N(C[C@H]1O[C@@H](n2cnc3c(N)nc[n+]([O-])c32)[C@H](O)[C@@H]1O)[C@H]1C[C@@H](CCc2nc3cc(C(C)(C)C)ccc3[nH]2)C1. The number of hydrogen-bond donors (Lipinski definition) is 4. The van der Waals surface area contributed by atoms with Gasteiger partial charge in [-0.15, -0.1) is 0 Å². The monoisotopic (exact) mass is 578 g/mol. The summed E-state index contributed by atoms with van der Waals surface area (Å²) in [7, 11) is 0.